The van der Waals surface area contributed by atoms with Gasteiger partial charge in [-0.05, 0) is 62.8 Å². The van der Waals surface area contributed by atoms with E-state index in [1.165, 1.54) is 21.2 Å². The van der Waals surface area contributed by atoms with Gasteiger partial charge < -0.3 is 5.11 Å². The molecule has 0 aliphatic carbocycles. The Bertz CT molecular complexity index is 308. The number of aliphatic hydroxyl groups excluding tert-OH is 1. The van der Waals surface area contributed by atoms with Crippen LogP contribution in [0, 0.1) is 13.8 Å². The van der Waals surface area contributed by atoms with Crippen LogP contribution in [0.4, 0.5) is 0 Å². The van der Waals surface area contributed by atoms with Crippen LogP contribution >= 0.6 is 15.9 Å². The van der Waals surface area contributed by atoms with Crippen molar-refractivity contribution in [2.45, 2.75) is 46.1 Å². The summed E-state index contributed by atoms with van der Waals surface area (Å²) in [4.78, 5) is 0. The molecule has 1 nitrogen and oxygen atoms in total. The molecule has 84 valence electrons. The predicted octanol–water partition coefficient (Wildman–Crippen LogP) is 3.77. The largest absolute Gasteiger partial charge is 0.393 e. The first-order valence-corrected chi connectivity index (χ1v) is 6.23. The first-order valence-electron chi connectivity index (χ1n) is 5.44. The van der Waals surface area contributed by atoms with Crippen molar-refractivity contribution >= 4 is 15.9 Å². The lowest BCUT2D eigenvalue weighted by Crippen LogP contribution is -2.01. The van der Waals surface area contributed by atoms with E-state index >= 15 is 0 Å². The van der Waals surface area contributed by atoms with Gasteiger partial charge in [-0.2, -0.15) is 0 Å². The van der Waals surface area contributed by atoms with E-state index in [9.17, 15) is 5.11 Å². The number of halogens is 1. The zero-order valence-corrected chi connectivity index (χ0v) is 11.3. The predicted molar refractivity (Wildman–Crippen MR) is 68.2 cm³/mol. The van der Waals surface area contributed by atoms with Crippen LogP contribution in [0.15, 0.2) is 16.6 Å². The van der Waals surface area contributed by atoms with E-state index < -0.39 is 0 Å². The van der Waals surface area contributed by atoms with Gasteiger partial charge in [-0.1, -0.05) is 22.0 Å². The quantitative estimate of drug-likeness (QED) is 0.883. The highest BCUT2D eigenvalue weighted by Gasteiger charge is 2.05. The molecule has 0 fully saturated rings. The van der Waals surface area contributed by atoms with Crippen LogP contribution in [0.3, 0.4) is 0 Å². The molecule has 0 bridgehead atoms. The Balaban J connectivity index is 2.68. The van der Waals surface area contributed by atoms with E-state index in [0.717, 1.165) is 19.3 Å². The monoisotopic (exact) mass is 270 g/mol. The van der Waals surface area contributed by atoms with Crippen molar-refractivity contribution in [3.63, 3.8) is 0 Å². The van der Waals surface area contributed by atoms with Crippen LogP contribution in [0.5, 0.6) is 0 Å². The van der Waals surface area contributed by atoms with Crippen LogP contribution in [0.1, 0.15) is 36.5 Å². The third-order valence-electron chi connectivity index (χ3n) is 2.61. The third kappa shape index (κ3) is 3.96. The van der Waals surface area contributed by atoms with E-state index in [1.807, 2.05) is 6.92 Å². The molecule has 0 radical (unpaired) electrons. The van der Waals surface area contributed by atoms with Gasteiger partial charge in [-0.25, -0.2) is 0 Å². The molecule has 0 amide bonds. The molecule has 0 heterocycles. The Morgan fingerprint density at radius 2 is 2.00 bits per heavy atom. The highest BCUT2D eigenvalue weighted by molar-refractivity contribution is 9.10. The molecule has 0 saturated carbocycles. The van der Waals surface area contributed by atoms with Gasteiger partial charge in [0.1, 0.15) is 0 Å². The highest BCUT2D eigenvalue weighted by Crippen LogP contribution is 2.24. The zero-order valence-electron chi connectivity index (χ0n) is 9.68. The van der Waals surface area contributed by atoms with Crippen molar-refractivity contribution in [1.29, 1.82) is 0 Å². The van der Waals surface area contributed by atoms with E-state index in [2.05, 4.69) is 41.9 Å². The van der Waals surface area contributed by atoms with Crippen LogP contribution in [-0.2, 0) is 6.42 Å². The zero-order chi connectivity index (χ0) is 11.4. The number of hydrogen-bond acceptors (Lipinski definition) is 1. The Labute approximate surface area is 101 Å². The second-order valence-corrected chi connectivity index (χ2v) is 5.14. The summed E-state index contributed by atoms with van der Waals surface area (Å²) in [6.07, 6.45) is 2.77. The summed E-state index contributed by atoms with van der Waals surface area (Å²) in [5.41, 5.74) is 4.01. The Kier molecular flexibility index (Phi) is 4.81. The molecular weight excluding hydrogens is 252 g/mol. The van der Waals surface area contributed by atoms with Crippen LogP contribution in [0.2, 0.25) is 0 Å². The summed E-state index contributed by atoms with van der Waals surface area (Å²) in [7, 11) is 0. The molecule has 0 spiro atoms. The molecular formula is C13H19BrO. The second kappa shape index (κ2) is 5.66. The maximum atomic E-state index is 9.20. The summed E-state index contributed by atoms with van der Waals surface area (Å²) < 4.78 is 1.20. The topological polar surface area (TPSA) is 20.2 Å². The minimum atomic E-state index is -0.186. The van der Waals surface area contributed by atoms with Gasteiger partial charge in [0.05, 0.1) is 6.10 Å². The maximum absolute atomic E-state index is 9.20. The molecule has 0 aliphatic rings. The molecule has 0 aromatic heterocycles. The highest BCUT2D eigenvalue weighted by atomic mass is 79.9. The fourth-order valence-electron chi connectivity index (χ4n) is 1.84. The normalized spacial score (nSPS) is 12.9. The Hall–Kier alpha value is -0.340. The molecule has 1 N–H and O–H groups in total. The minimum absolute atomic E-state index is 0.186. The lowest BCUT2D eigenvalue weighted by molar-refractivity contribution is 0.181. The fourth-order valence-corrected chi connectivity index (χ4v) is 2.71. The Morgan fingerprint density at radius 3 is 2.53 bits per heavy atom. The maximum Gasteiger partial charge on any atom is 0.0512 e. The van der Waals surface area contributed by atoms with E-state index in [1.54, 1.807) is 0 Å². The van der Waals surface area contributed by atoms with Gasteiger partial charge in [-0.3, -0.25) is 0 Å². The average Bonchev–Trinajstić information content (AvgIpc) is 2.08. The standard InChI is InChI=1S/C13H19BrO/c1-9-7-10(2)12(13(14)8-9)6-4-5-11(3)15/h7-8,11,15H,4-6H2,1-3H3. The van der Waals surface area contributed by atoms with Crippen molar-refractivity contribution in [3.8, 4) is 0 Å². The number of benzene rings is 1. The van der Waals surface area contributed by atoms with Crippen LogP contribution in [-0.4, -0.2) is 11.2 Å². The van der Waals surface area contributed by atoms with Gasteiger partial charge in [0.15, 0.2) is 0 Å². The van der Waals surface area contributed by atoms with Gasteiger partial charge in [0.25, 0.3) is 0 Å². The first-order chi connectivity index (χ1) is 7.00. The minimum Gasteiger partial charge on any atom is -0.393 e. The molecule has 1 unspecified atom stereocenters. The fraction of sp³-hybridized carbons (Fsp3) is 0.538. The molecule has 1 aromatic carbocycles. The van der Waals surface area contributed by atoms with Gasteiger partial charge in [0, 0.05) is 4.47 Å². The molecule has 1 aromatic rings. The van der Waals surface area contributed by atoms with Gasteiger partial charge in [-0.15, -0.1) is 0 Å². The van der Waals surface area contributed by atoms with E-state index in [-0.39, 0.29) is 6.10 Å². The summed E-state index contributed by atoms with van der Waals surface area (Å²) in [5.74, 6) is 0. The van der Waals surface area contributed by atoms with Gasteiger partial charge in [0.2, 0.25) is 0 Å². The lowest BCUT2D eigenvalue weighted by atomic mass is 10.00. The molecule has 15 heavy (non-hydrogen) atoms. The van der Waals surface area contributed by atoms with Crippen LogP contribution < -0.4 is 0 Å². The lowest BCUT2D eigenvalue weighted by Gasteiger charge is -2.10. The smallest absolute Gasteiger partial charge is 0.0512 e. The number of rotatable bonds is 4. The first kappa shape index (κ1) is 12.7. The second-order valence-electron chi connectivity index (χ2n) is 4.28. The van der Waals surface area contributed by atoms with Crippen molar-refractivity contribution in [2.75, 3.05) is 0 Å². The van der Waals surface area contributed by atoms with E-state index in [4.69, 9.17) is 0 Å². The molecule has 0 aliphatic heterocycles. The SMILES string of the molecule is Cc1cc(C)c(CCCC(C)O)c(Br)c1. The van der Waals surface area contributed by atoms with Crippen LogP contribution in [0.25, 0.3) is 0 Å². The average molecular weight is 271 g/mol. The molecule has 1 rings (SSSR count). The van der Waals surface area contributed by atoms with Gasteiger partial charge >= 0.3 is 0 Å². The molecule has 2 heteroatoms. The molecule has 1 atom stereocenters. The number of aryl methyl sites for hydroxylation is 2. The summed E-state index contributed by atoms with van der Waals surface area (Å²) >= 11 is 3.60. The van der Waals surface area contributed by atoms with Crippen molar-refractivity contribution in [2.24, 2.45) is 0 Å². The summed E-state index contributed by atoms with van der Waals surface area (Å²) in [6, 6.07) is 4.37. The summed E-state index contributed by atoms with van der Waals surface area (Å²) in [5, 5.41) is 9.20. The molecule has 0 saturated heterocycles. The van der Waals surface area contributed by atoms with Crippen molar-refractivity contribution < 1.29 is 5.11 Å². The number of hydrogen-bond donors (Lipinski definition) is 1. The number of aliphatic hydroxyl groups is 1. The summed E-state index contributed by atoms with van der Waals surface area (Å²) in [6.45, 7) is 6.10. The van der Waals surface area contributed by atoms with Crippen molar-refractivity contribution in [1.82, 2.24) is 0 Å². The van der Waals surface area contributed by atoms with E-state index in [0.29, 0.717) is 0 Å². The third-order valence-corrected chi connectivity index (χ3v) is 3.32. The van der Waals surface area contributed by atoms with Crippen molar-refractivity contribution in [3.05, 3.63) is 33.3 Å². The Morgan fingerprint density at radius 1 is 1.33 bits per heavy atom.